The van der Waals surface area contributed by atoms with E-state index in [2.05, 4.69) is 64.1 Å². The lowest BCUT2D eigenvalue weighted by atomic mass is 9.92. The first-order chi connectivity index (χ1) is 15.5. The van der Waals surface area contributed by atoms with Gasteiger partial charge in [-0.2, -0.15) is 0 Å². The summed E-state index contributed by atoms with van der Waals surface area (Å²) in [6.45, 7) is 8.63. The van der Waals surface area contributed by atoms with Crippen molar-refractivity contribution in [3.05, 3.63) is 89.3 Å². The molecule has 0 spiro atoms. The van der Waals surface area contributed by atoms with Crippen LogP contribution < -0.4 is 0 Å². The van der Waals surface area contributed by atoms with Gasteiger partial charge in [0.2, 0.25) is 0 Å². The molecule has 0 saturated carbocycles. The minimum atomic E-state index is -0.364. The van der Waals surface area contributed by atoms with E-state index >= 15 is 0 Å². The smallest absolute Gasteiger partial charge is 0.338 e. The highest BCUT2D eigenvalue weighted by atomic mass is 16.5. The normalized spacial score (nSPS) is 13.0. The molecular weight excluding hydrogens is 396 g/mol. The maximum Gasteiger partial charge on any atom is 0.338 e. The Morgan fingerprint density at radius 3 is 2.66 bits per heavy atom. The molecule has 4 heteroatoms. The van der Waals surface area contributed by atoms with E-state index in [0.717, 1.165) is 23.2 Å². The van der Waals surface area contributed by atoms with Gasteiger partial charge < -0.3 is 9.14 Å². The molecule has 0 atom stereocenters. The third kappa shape index (κ3) is 5.25. The molecule has 2 aromatic heterocycles. The number of rotatable bonds is 8. The minimum absolute atomic E-state index is 0.364. The zero-order valence-electron chi connectivity index (χ0n) is 19.7. The van der Waals surface area contributed by atoms with Gasteiger partial charge in [0.25, 0.3) is 0 Å². The van der Waals surface area contributed by atoms with Crippen LogP contribution in [-0.4, -0.2) is 22.5 Å². The number of benzene rings is 1. The van der Waals surface area contributed by atoms with Gasteiger partial charge in [-0.15, -0.1) is 0 Å². The lowest BCUT2D eigenvalue weighted by Gasteiger charge is -2.12. The van der Waals surface area contributed by atoms with Crippen LogP contribution in [0.4, 0.5) is 0 Å². The van der Waals surface area contributed by atoms with Crippen molar-refractivity contribution in [2.75, 3.05) is 7.11 Å². The molecule has 0 aliphatic rings. The number of fused-ring (bicyclic) bond motifs is 1. The maximum absolute atomic E-state index is 11.9. The second-order valence-electron chi connectivity index (χ2n) is 8.01. The van der Waals surface area contributed by atoms with Crippen molar-refractivity contribution < 1.29 is 9.53 Å². The number of carbonyl (C=O) groups excluding carboxylic acids is 1. The highest BCUT2D eigenvalue weighted by Crippen LogP contribution is 2.33. The molecule has 1 aromatic carbocycles. The van der Waals surface area contributed by atoms with Crippen LogP contribution in [0.1, 0.15) is 62.9 Å². The van der Waals surface area contributed by atoms with Crippen molar-refractivity contribution in [1.29, 1.82) is 0 Å². The summed E-state index contributed by atoms with van der Waals surface area (Å²) in [5.74, 6) is -0.364. The highest BCUT2D eigenvalue weighted by Gasteiger charge is 2.14. The standard InChI is InChI=1S/C28H32N2O2/c1-6-8-11-20(3)14-15-23(21(4)7-2)24-12-9-10-13-25(24)26-19-30-17-16-22(28(31)32-5)18-27(30)29-26/h7,9-10,12-19H,6,8,11H2,1-5H3/b20-14+,21-7-,23-15+. The monoisotopic (exact) mass is 428 g/mol. The molecular formula is C28H32N2O2. The molecule has 2 heterocycles. The van der Waals surface area contributed by atoms with E-state index < -0.39 is 0 Å². The van der Waals surface area contributed by atoms with Gasteiger partial charge in [0.05, 0.1) is 18.4 Å². The maximum atomic E-state index is 11.9. The van der Waals surface area contributed by atoms with Crippen molar-refractivity contribution >= 4 is 17.2 Å². The number of methoxy groups -OCH3 is 1. The van der Waals surface area contributed by atoms with Crippen LogP contribution >= 0.6 is 0 Å². The Balaban J connectivity index is 2.09. The Morgan fingerprint density at radius 2 is 1.94 bits per heavy atom. The van der Waals surface area contributed by atoms with E-state index in [1.165, 1.54) is 36.7 Å². The summed E-state index contributed by atoms with van der Waals surface area (Å²) in [6.07, 6.45) is 14.0. The third-order valence-electron chi connectivity index (χ3n) is 5.69. The van der Waals surface area contributed by atoms with E-state index in [1.807, 2.05) is 22.9 Å². The largest absolute Gasteiger partial charge is 0.465 e. The number of carbonyl (C=O) groups is 1. The molecule has 0 fully saturated rings. The minimum Gasteiger partial charge on any atom is -0.465 e. The first-order valence-electron chi connectivity index (χ1n) is 11.2. The molecule has 0 unspecified atom stereocenters. The number of aromatic nitrogens is 2. The predicted molar refractivity (Wildman–Crippen MR) is 133 cm³/mol. The van der Waals surface area contributed by atoms with Gasteiger partial charge in [-0.1, -0.05) is 61.4 Å². The molecule has 0 radical (unpaired) electrons. The van der Waals surface area contributed by atoms with E-state index in [9.17, 15) is 4.79 Å². The van der Waals surface area contributed by atoms with Crippen LogP contribution in [-0.2, 0) is 4.74 Å². The average Bonchev–Trinajstić information content (AvgIpc) is 3.25. The number of nitrogens with zero attached hydrogens (tertiary/aromatic N) is 2. The fourth-order valence-corrected chi connectivity index (χ4v) is 3.65. The molecule has 166 valence electrons. The van der Waals surface area contributed by atoms with Gasteiger partial charge >= 0.3 is 5.97 Å². The Labute approximate surface area is 191 Å². The van der Waals surface area contributed by atoms with E-state index in [-0.39, 0.29) is 5.97 Å². The van der Waals surface area contributed by atoms with E-state index in [1.54, 1.807) is 12.1 Å². The lowest BCUT2D eigenvalue weighted by Crippen LogP contribution is -2.01. The molecule has 32 heavy (non-hydrogen) atoms. The lowest BCUT2D eigenvalue weighted by molar-refractivity contribution is 0.0600. The predicted octanol–water partition coefficient (Wildman–Crippen LogP) is 7.27. The quantitative estimate of drug-likeness (QED) is 0.280. The van der Waals surface area contributed by atoms with E-state index in [4.69, 9.17) is 9.72 Å². The number of pyridine rings is 1. The summed E-state index contributed by atoms with van der Waals surface area (Å²) >= 11 is 0. The summed E-state index contributed by atoms with van der Waals surface area (Å²) in [5, 5.41) is 0. The Bertz CT molecular complexity index is 1200. The van der Waals surface area contributed by atoms with Gasteiger partial charge in [0, 0.05) is 18.0 Å². The van der Waals surface area contributed by atoms with Gasteiger partial charge in [0.1, 0.15) is 5.65 Å². The second-order valence-corrected chi connectivity index (χ2v) is 8.01. The molecule has 4 nitrogen and oxygen atoms in total. The summed E-state index contributed by atoms with van der Waals surface area (Å²) in [6, 6.07) is 11.8. The van der Waals surface area contributed by atoms with Crippen LogP contribution in [0.25, 0.3) is 22.5 Å². The van der Waals surface area contributed by atoms with Gasteiger partial charge in [-0.25, -0.2) is 9.78 Å². The van der Waals surface area contributed by atoms with Crippen molar-refractivity contribution in [2.45, 2.75) is 47.0 Å². The number of allylic oxidation sites excluding steroid dienone is 6. The summed E-state index contributed by atoms with van der Waals surface area (Å²) in [7, 11) is 1.38. The number of esters is 1. The summed E-state index contributed by atoms with van der Waals surface area (Å²) < 4.78 is 6.77. The molecule has 0 amide bonds. The molecule has 0 bridgehead atoms. The van der Waals surface area contributed by atoms with Crippen LogP contribution in [0.15, 0.2) is 78.2 Å². The molecule has 0 aliphatic carbocycles. The van der Waals surface area contributed by atoms with Gasteiger partial charge in [0.15, 0.2) is 0 Å². The second kappa shape index (κ2) is 10.8. The number of hydrogen-bond donors (Lipinski definition) is 0. The van der Waals surface area contributed by atoms with E-state index in [0.29, 0.717) is 11.2 Å². The Kier molecular flexibility index (Phi) is 7.82. The number of unbranched alkanes of at least 4 members (excludes halogenated alkanes) is 1. The Hall–Kier alpha value is -3.40. The third-order valence-corrected chi connectivity index (χ3v) is 5.69. The number of ether oxygens (including phenoxy) is 1. The van der Waals surface area contributed by atoms with Gasteiger partial charge in [-0.05, 0) is 62.5 Å². The Morgan fingerprint density at radius 1 is 1.16 bits per heavy atom. The number of hydrogen-bond acceptors (Lipinski definition) is 3. The zero-order chi connectivity index (χ0) is 23.1. The van der Waals surface area contributed by atoms with Crippen molar-refractivity contribution in [3.8, 4) is 11.3 Å². The summed E-state index contributed by atoms with van der Waals surface area (Å²) in [5.41, 5.74) is 8.05. The first-order valence-corrected chi connectivity index (χ1v) is 11.2. The molecule has 3 rings (SSSR count). The molecule has 0 saturated heterocycles. The van der Waals surface area contributed by atoms with Crippen LogP contribution in [0.3, 0.4) is 0 Å². The number of imidazole rings is 1. The fourth-order valence-electron chi connectivity index (χ4n) is 3.65. The fraction of sp³-hybridized carbons (Fsp3) is 0.286. The van der Waals surface area contributed by atoms with Crippen LogP contribution in [0, 0.1) is 0 Å². The van der Waals surface area contributed by atoms with Crippen molar-refractivity contribution in [1.82, 2.24) is 9.38 Å². The molecule has 0 aliphatic heterocycles. The molecule has 0 N–H and O–H groups in total. The van der Waals surface area contributed by atoms with Gasteiger partial charge in [-0.3, -0.25) is 0 Å². The summed E-state index contributed by atoms with van der Waals surface area (Å²) in [4.78, 5) is 16.7. The highest BCUT2D eigenvalue weighted by molar-refractivity contribution is 5.91. The first kappa shape index (κ1) is 23.3. The van der Waals surface area contributed by atoms with Crippen LogP contribution in [0.2, 0.25) is 0 Å². The van der Waals surface area contributed by atoms with Crippen molar-refractivity contribution in [3.63, 3.8) is 0 Å². The topological polar surface area (TPSA) is 43.6 Å². The average molecular weight is 429 g/mol. The van der Waals surface area contributed by atoms with Crippen molar-refractivity contribution in [2.24, 2.45) is 0 Å². The molecule has 3 aromatic rings. The van der Waals surface area contributed by atoms with Crippen LogP contribution in [0.5, 0.6) is 0 Å². The SMILES string of the molecule is C\C=C(C)/C(=C\C=C(/C)CCCC)c1ccccc1-c1cn2ccc(C(=O)OC)cc2n1. The zero-order valence-corrected chi connectivity index (χ0v) is 19.7.